The quantitative estimate of drug-likeness (QED) is 0.886. The number of hydrogen-bond acceptors (Lipinski definition) is 4. The number of halogens is 1. The summed E-state index contributed by atoms with van der Waals surface area (Å²) in [5, 5.41) is 0. The smallest absolute Gasteiger partial charge is 0.127 e. The van der Waals surface area contributed by atoms with Gasteiger partial charge in [0.2, 0.25) is 0 Å². The van der Waals surface area contributed by atoms with Crippen LogP contribution in [0.3, 0.4) is 0 Å². The van der Waals surface area contributed by atoms with E-state index < -0.39 is 0 Å². The first-order valence-electron chi connectivity index (χ1n) is 5.46. The Bertz CT molecular complexity index is 361. The molecule has 0 saturated carbocycles. The Morgan fingerprint density at radius 3 is 2.75 bits per heavy atom. The van der Waals surface area contributed by atoms with Gasteiger partial charge in [0.1, 0.15) is 5.82 Å². The SMILES string of the molecule is CN1CCN(Cc2cc(Br)cnc2N)CC1. The van der Waals surface area contributed by atoms with Crippen molar-refractivity contribution in [3.8, 4) is 0 Å². The van der Waals surface area contributed by atoms with Crippen LogP contribution >= 0.6 is 15.9 Å². The van der Waals surface area contributed by atoms with E-state index in [1.807, 2.05) is 0 Å². The van der Waals surface area contributed by atoms with Gasteiger partial charge in [-0.2, -0.15) is 0 Å². The van der Waals surface area contributed by atoms with Crippen molar-refractivity contribution in [2.24, 2.45) is 0 Å². The van der Waals surface area contributed by atoms with Gasteiger partial charge in [-0.3, -0.25) is 4.90 Å². The minimum Gasteiger partial charge on any atom is -0.383 e. The molecule has 2 heterocycles. The molecule has 0 aliphatic carbocycles. The van der Waals surface area contributed by atoms with Crippen molar-refractivity contribution in [1.29, 1.82) is 0 Å². The molecule has 0 atom stereocenters. The van der Waals surface area contributed by atoms with Crippen LogP contribution in [0.2, 0.25) is 0 Å². The lowest BCUT2D eigenvalue weighted by Crippen LogP contribution is -2.44. The zero-order valence-electron chi connectivity index (χ0n) is 9.49. The van der Waals surface area contributed by atoms with Crippen LogP contribution in [0.1, 0.15) is 5.56 Å². The van der Waals surface area contributed by atoms with Crippen molar-refractivity contribution in [3.05, 3.63) is 22.3 Å². The van der Waals surface area contributed by atoms with Gasteiger partial charge in [-0.15, -0.1) is 0 Å². The molecule has 16 heavy (non-hydrogen) atoms. The number of nitrogen functional groups attached to an aromatic ring is 1. The average molecular weight is 285 g/mol. The van der Waals surface area contributed by atoms with E-state index in [9.17, 15) is 0 Å². The zero-order chi connectivity index (χ0) is 11.5. The lowest BCUT2D eigenvalue weighted by atomic mass is 10.2. The molecule has 0 spiro atoms. The van der Waals surface area contributed by atoms with Crippen LogP contribution in [0, 0.1) is 0 Å². The molecular formula is C11H17BrN4. The molecule has 1 aromatic heterocycles. The van der Waals surface area contributed by atoms with Gasteiger partial charge in [0.25, 0.3) is 0 Å². The highest BCUT2D eigenvalue weighted by molar-refractivity contribution is 9.10. The molecular weight excluding hydrogens is 268 g/mol. The molecule has 0 bridgehead atoms. The first-order chi connectivity index (χ1) is 7.65. The van der Waals surface area contributed by atoms with E-state index >= 15 is 0 Å². The molecule has 2 N–H and O–H groups in total. The van der Waals surface area contributed by atoms with Crippen molar-refractivity contribution in [1.82, 2.24) is 14.8 Å². The van der Waals surface area contributed by atoms with Gasteiger partial charge in [0.05, 0.1) is 0 Å². The van der Waals surface area contributed by atoms with Crippen molar-refractivity contribution < 1.29 is 0 Å². The average Bonchev–Trinajstić information content (AvgIpc) is 2.27. The number of anilines is 1. The number of rotatable bonds is 2. The highest BCUT2D eigenvalue weighted by atomic mass is 79.9. The summed E-state index contributed by atoms with van der Waals surface area (Å²) in [6.45, 7) is 5.35. The van der Waals surface area contributed by atoms with Crippen LogP contribution in [0.4, 0.5) is 5.82 Å². The number of nitrogens with zero attached hydrogens (tertiary/aromatic N) is 3. The Morgan fingerprint density at radius 2 is 2.06 bits per heavy atom. The van der Waals surface area contributed by atoms with Crippen LogP contribution in [0.5, 0.6) is 0 Å². The molecule has 88 valence electrons. The standard InChI is InChI=1S/C11H17BrN4/c1-15-2-4-16(5-3-15)8-9-6-10(12)7-14-11(9)13/h6-7H,2-5,8H2,1H3,(H2,13,14). The Kier molecular flexibility index (Phi) is 3.78. The van der Waals surface area contributed by atoms with E-state index in [2.05, 4.69) is 43.8 Å². The van der Waals surface area contributed by atoms with Crippen molar-refractivity contribution in [3.63, 3.8) is 0 Å². The fourth-order valence-electron chi connectivity index (χ4n) is 1.87. The fraction of sp³-hybridized carbons (Fsp3) is 0.545. The second kappa shape index (κ2) is 5.12. The second-order valence-electron chi connectivity index (χ2n) is 4.28. The van der Waals surface area contributed by atoms with Crippen LogP contribution in [-0.4, -0.2) is 48.0 Å². The Morgan fingerprint density at radius 1 is 1.38 bits per heavy atom. The molecule has 1 aliphatic rings. The molecule has 5 heteroatoms. The van der Waals surface area contributed by atoms with E-state index in [1.54, 1.807) is 6.20 Å². The maximum atomic E-state index is 5.86. The Hall–Kier alpha value is -0.650. The van der Waals surface area contributed by atoms with E-state index in [-0.39, 0.29) is 0 Å². The van der Waals surface area contributed by atoms with Crippen molar-refractivity contribution >= 4 is 21.7 Å². The zero-order valence-corrected chi connectivity index (χ0v) is 11.1. The van der Waals surface area contributed by atoms with Gasteiger partial charge in [0.15, 0.2) is 0 Å². The molecule has 0 unspecified atom stereocenters. The minimum absolute atomic E-state index is 0.641. The van der Waals surface area contributed by atoms with E-state index in [4.69, 9.17) is 5.73 Å². The molecule has 4 nitrogen and oxygen atoms in total. The summed E-state index contributed by atoms with van der Waals surface area (Å²) in [5.41, 5.74) is 6.97. The maximum absolute atomic E-state index is 5.86. The Balaban J connectivity index is 2.00. The topological polar surface area (TPSA) is 45.4 Å². The summed E-state index contributed by atoms with van der Waals surface area (Å²) in [6, 6.07) is 2.06. The van der Waals surface area contributed by atoms with E-state index in [1.165, 1.54) is 0 Å². The number of nitrogens with two attached hydrogens (primary N) is 1. The highest BCUT2D eigenvalue weighted by Crippen LogP contribution is 2.17. The molecule has 0 aromatic carbocycles. The molecule has 0 radical (unpaired) electrons. The number of aromatic nitrogens is 1. The van der Waals surface area contributed by atoms with Crippen LogP contribution in [0.15, 0.2) is 16.7 Å². The number of likely N-dealkylation sites (N-methyl/N-ethyl adjacent to an activating group) is 1. The Labute approximate surface area is 105 Å². The van der Waals surface area contributed by atoms with E-state index in [0.717, 1.165) is 42.8 Å². The predicted octanol–water partition coefficient (Wildman–Crippen LogP) is 1.17. The monoisotopic (exact) mass is 284 g/mol. The second-order valence-corrected chi connectivity index (χ2v) is 5.19. The van der Waals surface area contributed by atoms with Gasteiger partial charge >= 0.3 is 0 Å². The van der Waals surface area contributed by atoms with Gasteiger partial charge in [-0.05, 0) is 29.0 Å². The fourth-order valence-corrected chi connectivity index (χ4v) is 2.24. The summed E-state index contributed by atoms with van der Waals surface area (Å²) in [4.78, 5) is 8.92. The van der Waals surface area contributed by atoms with Crippen molar-refractivity contribution in [2.45, 2.75) is 6.54 Å². The summed E-state index contributed by atoms with van der Waals surface area (Å²) in [7, 11) is 2.16. The highest BCUT2D eigenvalue weighted by Gasteiger charge is 2.15. The summed E-state index contributed by atoms with van der Waals surface area (Å²) < 4.78 is 0.992. The lowest BCUT2D eigenvalue weighted by molar-refractivity contribution is 0.148. The molecule has 1 fully saturated rings. The van der Waals surface area contributed by atoms with Gasteiger partial charge in [-0.1, -0.05) is 0 Å². The first-order valence-corrected chi connectivity index (χ1v) is 6.25. The largest absolute Gasteiger partial charge is 0.383 e. The van der Waals surface area contributed by atoms with Crippen LogP contribution < -0.4 is 5.73 Å². The molecule has 1 saturated heterocycles. The normalized spacial score (nSPS) is 18.9. The number of hydrogen-bond donors (Lipinski definition) is 1. The third kappa shape index (κ3) is 2.93. The summed E-state index contributed by atoms with van der Waals surface area (Å²) >= 11 is 3.43. The van der Waals surface area contributed by atoms with Gasteiger partial charge < -0.3 is 10.6 Å². The van der Waals surface area contributed by atoms with Crippen molar-refractivity contribution in [2.75, 3.05) is 39.0 Å². The lowest BCUT2D eigenvalue weighted by Gasteiger charge is -2.32. The van der Waals surface area contributed by atoms with E-state index in [0.29, 0.717) is 5.82 Å². The molecule has 1 aromatic rings. The third-order valence-corrected chi connectivity index (χ3v) is 3.39. The summed E-state index contributed by atoms with van der Waals surface area (Å²) in [6.07, 6.45) is 1.74. The number of piperazine rings is 1. The first kappa shape index (κ1) is 11.8. The minimum atomic E-state index is 0.641. The predicted molar refractivity (Wildman–Crippen MR) is 69.1 cm³/mol. The molecule has 0 amide bonds. The molecule has 1 aliphatic heterocycles. The van der Waals surface area contributed by atoms with Crippen LogP contribution in [-0.2, 0) is 6.54 Å². The third-order valence-electron chi connectivity index (χ3n) is 2.96. The molecule has 2 rings (SSSR count). The number of pyridine rings is 1. The summed E-state index contributed by atoms with van der Waals surface area (Å²) in [5.74, 6) is 0.641. The maximum Gasteiger partial charge on any atom is 0.127 e. The van der Waals surface area contributed by atoms with Gasteiger partial charge in [0, 0.05) is 49.0 Å². The van der Waals surface area contributed by atoms with Gasteiger partial charge in [-0.25, -0.2) is 4.98 Å². The van der Waals surface area contributed by atoms with Crippen LogP contribution in [0.25, 0.3) is 0 Å².